The molecule has 2 unspecified atom stereocenters. The highest BCUT2D eigenvalue weighted by molar-refractivity contribution is 6.76. The molecule has 15 heteroatoms. The van der Waals surface area contributed by atoms with Gasteiger partial charge < -0.3 is 56.8 Å². The number of rotatable bonds is 17. The SMILES string of the molecule is CCOCCO[C@@H]1C(F)[C@H](OCC[Si](C)(C)C)O[C@@H]2COC(C)(C)O[C@@H]12.CCOCOC1=CC(OCC[Si](C)(C)C)O[C@@H]2COC(C)(C)O[C@@H]12. The van der Waals surface area contributed by atoms with Crippen molar-refractivity contribution in [2.45, 2.75) is 154 Å². The average Bonchev–Trinajstić information content (AvgIpc) is 3.00. The number of hydrogen-bond acceptors (Lipinski definition) is 12. The van der Waals surface area contributed by atoms with Crippen LogP contribution in [0.25, 0.3) is 0 Å². The van der Waals surface area contributed by atoms with Gasteiger partial charge in [0.2, 0.25) is 0 Å². The van der Waals surface area contributed by atoms with Crippen molar-refractivity contribution < 1.29 is 61.2 Å². The Morgan fingerprint density at radius 3 is 1.96 bits per heavy atom. The maximum Gasteiger partial charge on any atom is 0.191 e. The van der Waals surface area contributed by atoms with Gasteiger partial charge >= 0.3 is 0 Å². The molecule has 0 amide bonds. The summed E-state index contributed by atoms with van der Waals surface area (Å²) in [4.78, 5) is 0. The zero-order valence-corrected chi connectivity index (χ0v) is 34.8. The molecule has 0 aromatic heterocycles. The monoisotopic (exact) mass is 754 g/mol. The molecule has 8 atom stereocenters. The Labute approximate surface area is 302 Å². The lowest BCUT2D eigenvalue weighted by atomic mass is 9.98. The first-order valence-corrected chi connectivity index (χ1v) is 25.7. The summed E-state index contributed by atoms with van der Waals surface area (Å²) in [6, 6.07) is 2.04. The minimum absolute atomic E-state index is 0.192. The van der Waals surface area contributed by atoms with E-state index in [0.717, 1.165) is 12.1 Å². The van der Waals surface area contributed by atoms with Gasteiger partial charge in [0, 0.05) is 48.7 Å². The zero-order valence-electron chi connectivity index (χ0n) is 32.8. The smallest absolute Gasteiger partial charge is 0.191 e. The maximum absolute atomic E-state index is 15.1. The molecule has 12 nitrogen and oxygen atoms in total. The first kappa shape index (κ1) is 43.9. The van der Waals surface area contributed by atoms with E-state index in [0.29, 0.717) is 58.6 Å². The molecule has 0 aliphatic carbocycles. The first-order chi connectivity index (χ1) is 23.3. The third-order valence-corrected chi connectivity index (χ3v) is 11.8. The van der Waals surface area contributed by atoms with Crippen molar-refractivity contribution in [1.29, 1.82) is 0 Å². The van der Waals surface area contributed by atoms with Gasteiger partial charge in [0.25, 0.3) is 0 Å². The lowest BCUT2D eigenvalue weighted by Gasteiger charge is -2.49. The molecule has 0 saturated carbocycles. The third kappa shape index (κ3) is 15.1. The summed E-state index contributed by atoms with van der Waals surface area (Å²) in [7, 11) is -2.40. The van der Waals surface area contributed by atoms with Crippen LogP contribution in [0.15, 0.2) is 11.8 Å². The Hall–Kier alpha value is -0.536. The molecule has 294 valence electrons. The van der Waals surface area contributed by atoms with E-state index in [-0.39, 0.29) is 19.0 Å². The van der Waals surface area contributed by atoms with Crippen molar-refractivity contribution in [2.75, 3.05) is 59.6 Å². The highest BCUT2D eigenvalue weighted by Crippen LogP contribution is 2.36. The summed E-state index contributed by atoms with van der Waals surface area (Å²) in [5.74, 6) is -0.754. The standard InChI is InChI=1S/C18H35FO6Si.C17H32O6Si/c1-7-20-8-9-21-16-14(19)17(22-10-11-26(4,5)6)24-13-12-23-18(2,3)25-15(13)16;1-7-18-12-20-13-10-15(19-8-9-24(4,5)6)22-14-11-21-17(2,3)23-16(13)14/h13-17H,7-12H2,1-6H3;10,14-16H,7-9,11-12H2,1-6H3/t13-,14?,15-,16-,17-;14-,15?,16+/m11/s1. The van der Waals surface area contributed by atoms with Gasteiger partial charge in [0.05, 0.1) is 26.4 Å². The minimum atomic E-state index is -1.42. The molecule has 0 bridgehead atoms. The van der Waals surface area contributed by atoms with Crippen LogP contribution in [-0.4, -0.2) is 137 Å². The van der Waals surface area contributed by atoms with Gasteiger partial charge in [-0.3, -0.25) is 0 Å². The Morgan fingerprint density at radius 1 is 0.740 bits per heavy atom. The zero-order chi connectivity index (χ0) is 37.2. The highest BCUT2D eigenvalue weighted by atomic mass is 28.3. The van der Waals surface area contributed by atoms with E-state index in [4.69, 9.17) is 56.8 Å². The van der Waals surface area contributed by atoms with Crippen LogP contribution in [0.5, 0.6) is 0 Å². The van der Waals surface area contributed by atoms with E-state index in [1.54, 1.807) is 0 Å². The molecule has 0 aromatic carbocycles. The molecule has 4 aliphatic heterocycles. The van der Waals surface area contributed by atoms with Gasteiger partial charge in [-0.2, -0.15) is 0 Å². The molecular formula is C35H67FO12Si2. The molecule has 4 aliphatic rings. The largest absolute Gasteiger partial charge is 0.469 e. The lowest BCUT2D eigenvalue weighted by molar-refractivity contribution is -0.379. The molecule has 3 fully saturated rings. The second-order valence-electron chi connectivity index (χ2n) is 16.3. The number of hydrogen-bond donors (Lipinski definition) is 0. The van der Waals surface area contributed by atoms with Crippen LogP contribution in [-0.2, 0) is 56.8 Å². The number of alkyl halides is 1. The predicted molar refractivity (Wildman–Crippen MR) is 192 cm³/mol. The van der Waals surface area contributed by atoms with Crippen LogP contribution in [0.1, 0.15) is 41.5 Å². The van der Waals surface area contributed by atoms with Crippen molar-refractivity contribution in [2.24, 2.45) is 0 Å². The van der Waals surface area contributed by atoms with Crippen molar-refractivity contribution >= 4 is 16.1 Å². The molecule has 0 spiro atoms. The number of ether oxygens (including phenoxy) is 12. The second-order valence-corrected chi connectivity index (χ2v) is 27.5. The molecule has 3 saturated heterocycles. The molecule has 0 N–H and O–H groups in total. The average molecular weight is 755 g/mol. The summed E-state index contributed by atoms with van der Waals surface area (Å²) in [5.41, 5.74) is 0. The predicted octanol–water partition coefficient (Wildman–Crippen LogP) is 6.09. The molecule has 4 heterocycles. The van der Waals surface area contributed by atoms with E-state index in [9.17, 15) is 0 Å². The second kappa shape index (κ2) is 19.7. The van der Waals surface area contributed by atoms with Crippen molar-refractivity contribution in [1.82, 2.24) is 0 Å². The summed E-state index contributed by atoms with van der Waals surface area (Å²) in [6.07, 6.45) is -3.22. The summed E-state index contributed by atoms with van der Waals surface area (Å²) >= 11 is 0. The van der Waals surface area contributed by atoms with Crippen LogP contribution in [0.2, 0.25) is 51.4 Å². The quantitative estimate of drug-likeness (QED) is 0.0974. The number of fused-ring (bicyclic) bond motifs is 2. The van der Waals surface area contributed by atoms with Crippen LogP contribution < -0.4 is 0 Å². The van der Waals surface area contributed by atoms with Crippen molar-refractivity contribution in [3.8, 4) is 0 Å². The van der Waals surface area contributed by atoms with Crippen LogP contribution in [0, 0.1) is 0 Å². The van der Waals surface area contributed by atoms with Gasteiger partial charge in [-0.1, -0.05) is 39.3 Å². The Bertz CT molecular complexity index is 1020. The van der Waals surface area contributed by atoms with Crippen molar-refractivity contribution in [3.05, 3.63) is 11.8 Å². The molecule has 0 aromatic rings. The van der Waals surface area contributed by atoms with Gasteiger partial charge in [0.1, 0.15) is 36.3 Å². The van der Waals surface area contributed by atoms with Crippen LogP contribution in [0.4, 0.5) is 4.39 Å². The van der Waals surface area contributed by atoms with Gasteiger partial charge in [-0.25, -0.2) is 4.39 Å². The fourth-order valence-corrected chi connectivity index (χ4v) is 6.91. The van der Waals surface area contributed by atoms with Gasteiger partial charge in [0.15, 0.2) is 37.1 Å². The molecular weight excluding hydrogens is 688 g/mol. The van der Waals surface area contributed by atoms with E-state index < -0.39 is 64.8 Å². The summed E-state index contributed by atoms with van der Waals surface area (Å²) < 4.78 is 84.0. The van der Waals surface area contributed by atoms with E-state index >= 15 is 4.39 Å². The minimum Gasteiger partial charge on any atom is -0.469 e. The van der Waals surface area contributed by atoms with E-state index in [1.165, 1.54) is 0 Å². The maximum atomic E-state index is 15.1. The highest BCUT2D eigenvalue weighted by Gasteiger charge is 2.53. The summed E-state index contributed by atoms with van der Waals surface area (Å²) in [6.45, 7) is 29.0. The van der Waals surface area contributed by atoms with Crippen molar-refractivity contribution in [3.63, 3.8) is 0 Å². The van der Waals surface area contributed by atoms with Gasteiger partial charge in [-0.15, -0.1) is 0 Å². The van der Waals surface area contributed by atoms with Crippen LogP contribution >= 0.6 is 0 Å². The summed E-state index contributed by atoms with van der Waals surface area (Å²) in [5, 5.41) is 0. The Balaban J connectivity index is 0.000000271. The van der Waals surface area contributed by atoms with Gasteiger partial charge in [-0.05, 0) is 53.6 Å². The fourth-order valence-electron chi connectivity index (χ4n) is 5.45. The first-order valence-electron chi connectivity index (χ1n) is 18.3. The normalized spacial score (nSPS) is 32.2. The number of halogens is 1. The third-order valence-electron chi connectivity index (χ3n) is 8.34. The molecule has 0 radical (unpaired) electrons. The Kier molecular flexibility index (Phi) is 17.3. The molecule has 4 rings (SSSR count). The van der Waals surface area contributed by atoms with E-state index in [2.05, 4.69) is 39.3 Å². The van der Waals surface area contributed by atoms with Crippen LogP contribution in [0.3, 0.4) is 0 Å². The lowest BCUT2D eigenvalue weighted by Crippen LogP contribution is -2.64. The topological polar surface area (TPSA) is 111 Å². The Morgan fingerprint density at radius 2 is 1.34 bits per heavy atom. The van der Waals surface area contributed by atoms with E-state index in [1.807, 2.05) is 47.6 Å². The molecule has 50 heavy (non-hydrogen) atoms. The fraction of sp³-hybridized carbons (Fsp3) is 0.943.